The third-order valence-corrected chi connectivity index (χ3v) is 5.15. The van der Waals surface area contributed by atoms with E-state index < -0.39 is 17.5 Å². The fourth-order valence-corrected chi connectivity index (χ4v) is 3.55. The molecule has 0 bridgehead atoms. The Balaban J connectivity index is 1.79. The number of benzene rings is 1. The first-order valence-corrected chi connectivity index (χ1v) is 9.96. The van der Waals surface area contributed by atoms with Gasteiger partial charge in [0.2, 0.25) is 5.88 Å². The van der Waals surface area contributed by atoms with Crippen LogP contribution in [0, 0.1) is 0 Å². The molecular weight excluding hydrogens is 441 g/mol. The van der Waals surface area contributed by atoms with Crippen molar-refractivity contribution in [3.63, 3.8) is 0 Å². The van der Waals surface area contributed by atoms with E-state index in [0.29, 0.717) is 23.7 Å². The monoisotopic (exact) mass is 457 g/mol. The lowest BCUT2D eigenvalue weighted by molar-refractivity contribution is -0.154. The average Bonchev–Trinajstić information content (AvgIpc) is 3.39. The minimum Gasteiger partial charge on any atom is -0.449 e. The predicted octanol–water partition coefficient (Wildman–Crippen LogP) is 5.39. The number of nitrogens with one attached hydrogen (secondary N) is 1. The van der Waals surface area contributed by atoms with Gasteiger partial charge in [0.05, 0.1) is 10.0 Å². The average molecular weight is 459 g/mol. The molecule has 1 aromatic carbocycles. The van der Waals surface area contributed by atoms with Gasteiger partial charge in [0, 0.05) is 31.5 Å². The van der Waals surface area contributed by atoms with Crippen molar-refractivity contribution in [2.75, 3.05) is 5.32 Å². The SMILES string of the molecule is CC(=O)OC1(C(=O)Nc2cc(Cl)c(Oc3cc(C(C)C)c(Cl)nn3)c(Cl)c2)CC1. The van der Waals surface area contributed by atoms with E-state index in [-0.39, 0.29) is 27.6 Å². The van der Waals surface area contributed by atoms with Gasteiger partial charge in [-0.25, -0.2) is 0 Å². The standard InChI is InChI=1S/C19H18Cl3N3O4/c1-9(2)12-8-15(24-25-17(12)22)28-16-13(20)6-11(7-14(16)21)23-18(27)19(4-5-19)29-10(3)26/h6-9H,4-5H2,1-3H3,(H,23,27). The molecule has 1 heterocycles. The van der Waals surface area contributed by atoms with Crippen LogP contribution >= 0.6 is 34.8 Å². The molecule has 29 heavy (non-hydrogen) atoms. The molecule has 0 spiro atoms. The Labute approximate surface area is 182 Å². The number of nitrogens with zero attached hydrogens (tertiary/aromatic N) is 2. The number of anilines is 1. The van der Waals surface area contributed by atoms with Crippen LogP contribution in [0.15, 0.2) is 18.2 Å². The molecule has 1 saturated carbocycles. The molecule has 154 valence electrons. The third-order valence-electron chi connectivity index (χ3n) is 4.30. The molecule has 10 heteroatoms. The van der Waals surface area contributed by atoms with Gasteiger partial charge in [-0.3, -0.25) is 9.59 Å². The van der Waals surface area contributed by atoms with Gasteiger partial charge in [0.15, 0.2) is 16.5 Å². The molecule has 0 atom stereocenters. The van der Waals surface area contributed by atoms with Crippen molar-refractivity contribution in [3.8, 4) is 11.6 Å². The van der Waals surface area contributed by atoms with Crippen LogP contribution in [0.3, 0.4) is 0 Å². The zero-order valence-electron chi connectivity index (χ0n) is 15.9. The van der Waals surface area contributed by atoms with Gasteiger partial charge in [0.1, 0.15) is 0 Å². The number of carbonyl (C=O) groups is 2. The lowest BCUT2D eigenvalue weighted by atomic mass is 10.1. The first kappa shape index (κ1) is 21.6. The maximum Gasteiger partial charge on any atom is 0.303 e. The predicted molar refractivity (Wildman–Crippen MR) is 110 cm³/mol. The highest BCUT2D eigenvalue weighted by molar-refractivity contribution is 6.37. The highest BCUT2D eigenvalue weighted by atomic mass is 35.5. The van der Waals surface area contributed by atoms with Gasteiger partial charge >= 0.3 is 5.97 Å². The van der Waals surface area contributed by atoms with E-state index in [4.69, 9.17) is 44.3 Å². The van der Waals surface area contributed by atoms with E-state index in [1.54, 1.807) is 6.07 Å². The minimum atomic E-state index is -1.12. The molecule has 1 fully saturated rings. The fourth-order valence-electron chi connectivity index (χ4n) is 2.67. The molecule has 1 aliphatic rings. The Kier molecular flexibility index (Phi) is 6.22. The zero-order valence-corrected chi connectivity index (χ0v) is 18.2. The summed E-state index contributed by atoms with van der Waals surface area (Å²) in [7, 11) is 0. The van der Waals surface area contributed by atoms with Crippen LogP contribution in [0.2, 0.25) is 15.2 Å². The van der Waals surface area contributed by atoms with Crippen molar-refractivity contribution in [2.45, 2.75) is 45.1 Å². The number of aromatic nitrogens is 2. The maximum absolute atomic E-state index is 12.4. The second kappa shape index (κ2) is 8.34. The van der Waals surface area contributed by atoms with Crippen molar-refractivity contribution >= 4 is 52.4 Å². The third kappa shape index (κ3) is 4.91. The molecule has 7 nitrogen and oxygen atoms in total. The second-order valence-electron chi connectivity index (χ2n) is 7.00. The Morgan fingerprint density at radius 2 is 1.72 bits per heavy atom. The van der Waals surface area contributed by atoms with Crippen molar-refractivity contribution in [1.29, 1.82) is 0 Å². The van der Waals surface area contributed by atoms with Gasteiger partial charge in [0.25, 0.3) is 5.91 Å². The van der Waals surface area contributed by atoms with Crippen molar-refractivity contribution in [2.24, 2.45) is 0 Å². The topological polar surface area (TPSA) is 90.4 Å². The number of amides is 1. The van der Waals surface area contributed by atoms with Gasteiger partial charge in [-0.05, 0) is 23.6 Å². The number of halogens is 3. The van der Waals surface area contributed by atoms with Crippen molar-refractivity contribution in [3.05, 3.63) is 39.0 Å². The number of carbonyl (C=O) groups excluding carboxylic acids is 2. The lowest BCUT2D eigenvalue weighted by Crippen LogP contribution is -2.33. The molecule has 2 aromatic rings. The number of ether oxygens (including phenoxy) is 2. The number of hydrogen-bond acceptors (Lipinski definition) is 6. The Morgan fingerprint density at radius 3 is 2.24 bits per heavy atom. The lowest BCUT2D eigenvalue weighted by Gasteiger charge is -2.16. The highest BCUT2D eigenvalue weighted by Gasteiger charge is 2.53. The van der Waals surface area contributed by atoms with E-state index in [9.17, 15) is 9.59 Å². The normalized spacial score (nSPS) is 14.4. The smallest absolute Gasteiger partial charge is 0.303 e. The van der Waals surface area contributed by atoms with Crippen molar-refractivity contribution in [1.82, 2.24) is 10.2 Å². The van der Waals surface area contributed by atoms with Crippen LogP contribution in [0.5, 0.6) is 11.6 Å². The number of rotatable bonds is 6. The summed E-state index contributed by atoms with van der Waals surface area (Å²) in [6, 6.07) is 4.63. The Bertz CT molecular complexity index is 954. The van der Waals surface area contributed by atoms with Crippen LogP contribution in [0.25, 0.3) is 0 Å². The summed E-state index contributed by atoms with van der Waals surface area (Å²) in [4.78, 5) is 23.6. The highest BCUT2D eigenvalue weighted by Crippen LogP contribution is 2.42. The van der Waals surface area contributed by atoms with Gasteiger partial charge in [-0.1, -0.05) is 48.7 Å². The molecule has 1 N–H and O–H groups in total. The first-order valence-electron chi connectivity index (χ1n) is 8.82. The molecule has 3 rings (SSSR count). The first-order chi connectivity index (χ1) is 13.6. The molecular formula is C19H18Cl3N3O4. The van der Waals surface area contributed by atoms with Crippen molar-refractivity contribution < 1.29 is 19.1 Å². The summed E-state index contributed by atoms with van der Waals surface area (Å²) in [5, 5.41) is 11.1. The van der Waals surface area contributed by atoms with Crippen LogP contribution in [0.1, 0.15) is 45.1 Å². The van der Waals surface area contributed by atoms with Gasteiger partial charge in [-0.15, -0.1) is 10.2 Å². The summed E-state index contributed by atoms with van der Waals surface area (Å²) in [5.41, 5.74) is 0.000343. The van der Waals surface area contributed by atoms with Gasteiger partial charge < -0.3 is 14.8 Å². The summed E-state index contributed by atoms with van der Waals surface area (Å²) >= 11 is 18.6. The summed E-state index contributed by atoms with van der Waals surface area (Å²) in [5.74, 6) is -0.471. The van der Waals surface area contributed by atoms with Crippen LogP contribution in [0.4, 0.5) is 5.69 Å². The quantitative estimate of drug-likeness (QED) is 0.584. The minimum absolute atomic E-state index is 0.121. The van der Waals surface area contributed by atoms with Crippen LogP contribution in [-0.4, -0.2) is 27.7 Å². The number of esters is 1. The van der Waals surface area contributed by atoms with E-state index in [1.807, 2.05) is 13.8 Å². The maximum atomic E-state index is 12.4. The fraction of sp³-hybridized carbons (Fsp3) is 0.368. The van der Waals surface area contributed by atoms with Crippen LogP contribution in [-0.2, 0) is 14.3 Å². The molecule has 1 aromatic heterocycles. The van der Waals surface area contributed by atoms with E-state index in [1.165, 1.54) is 19.1 Å². The van der Waals surface area contributed by atoms with E-state index >= 15 is 0 Å². The molecule has 1 aliphatic carbocycles. The molecule has 0 aliphatic heterocycles. The molecule has 0 saturated heterocycles. The second-order valence-corrected chi connectivity index (χ2v) is 8.17. The van der Waals surface area contributed by atoms with Gasteiger partial charge in [-0.2, -0.15) is 0 Å². The summed E-state index contributed by atoms with van der Waals surface area (Å²) in [6.45, 7) is 5.19. The number of hydrogen-bond donors (Lipinski definition) is 1. The molecule has 0 unspecified atom stereocenters. The summed E-state index contributed by atoms with van der Waals surface area (Å²) in [6.07, 6.45) is 0.934. The van der Waals surface area contributed by atoms with E-state index in [2.05, 4.69) is 15.5 Å². The molecule has 1 amide bonds. The largest absolute Gasteiger partial charge is 0.449 e. The Hall–Kier alpha value is -2.09. The van der Waals surface area contributed by atoms with E-state index in [0.717, 1.165) is 5.56 Å². The zero-order chi connectivity index (χ0) is 21.3. The Morgan fingerprint density at radius 1 is 1.10 bits per heavy atom. The van der Waals surface area contributed by atoms with Crippen LogP contribution < -0.4 is 10.1 Å². The molecule has 0 radical (unpaired) electrons. The summed E-state index contributed by atoms with van der Waals surface area (Å²) < 4.78 is 10.8.